The largest absolute Gasteiger partial charge is 0.497 e. The van der Waals surface area contributed by atoms with E-state index in [2.05, 4.69) is 260 Å². The fourth-order valence-corrected chi connectivity index (χ4v) is 9.28. The van der Waals surface area contributed by atoms with Crippen LogP contribution in [-0.2, 0) is 6.61 Å². The fourth-order valence-electron chi connectivity index (χ4n) is 9.28. The molecule has 10 aromatic rings. The zero-order chi connectivity index (χ0) is 50.6. The number of aliphatic hydroxyl groups excluding tert-OH is 1. The summed E-state index contributed by atoms with van der Waals surface area (Å²) in [7, 11) is 1.69. The lowest BCUT2D eigenvalue weighted by Crippen LogP contribution is -2.10. The third kappa shape index (κ3) is 11.0. The number of hydrogen-bond donors (Lipinski definition) is 1. The number of aliphatic hydroxyl groups is 1. The summed E-state index contributed by atoms with van der Waals surface area (Å²) >= 11 is 0. The van der Waals surface area contributed by atoms with E-state index in [9.17, 15) is 5.11 Å². The van der Waals surface area contributed by atoms with Crippen molar-refractivity contribution in [3.63, 3.8) is 0 Å². The topological polar surface area (TPSA) is 35.9 Å². The zero-order valence-electron chi connectivity index (χ0n) is 41.4. The molecule has 0 radical (unpaired) electrons. The highest BCUT2D eigenvalue weighted by atomic mass is 16.5. The number of nitrogens with zero attached hydrogens (tertiary/aromatic N) is 2. The van der Waals surface area contributed by atoms with Crippen LogP contribution in [0, 0.1) is 0 Å². The smallest absolute Gasteiger partial charge is 0.118 e. The van der Waals surface area contributed by atoms with Crippen LogP contribution in [0.3, 0.4) is 0 Å². The molecule has 10 rings (SSSR count). The average Bonchev–Trinajstić information content (AvgIpc) is 3.48. The Morgan fingerprint density at radius 1 is 0.351 bits per heavy atom. The van der Waals surface area contributed by atoms with Crippen LogP contribution in [0.5, 0.6) is 5.75 Å². The van der Waals surface area contributed by atoms with Crippen molar-refractivity contribution < 1.29 is 9.84 Å². The lowest BCUT2D eigenvalue weighted by Gasteiger charge is -2.26. The van der Waals surface area contributed by atoms with E-state index in [1.54, 1.807) is 7.11 Å². The van der Waals surface area contributed by atoms with Gasteiger partial charge in [-0.3, -0.25) is 0 Å². The second kappa shape index (κ2) is 22.7. The molecule has 0 saturated heterocycles. The number of para-hydroxylation sites is 2. The van der Waals surface area contributed by atoms with Crippen LogP contribution in [0.4, 0.5) is 34.1 Å². The van der Waals surface area contributed by atoms with E-state index >= 15 is 0 Å². The second-order valence-electron chi connectivity index (χ2n) is 18.0. The van der Waals surface area contributed by atoms with Gasteiger partial charge in [0.25, 0.3) is 0 Å². The first-order valence-electron chi connectivity index (χ1n) is 24.8. The van der Waals surface area contributed by atoms with Gasteiger partial charge in [0.05, 0.1) is 13.7 Å². The number of rotatable bonds is 17. The zero-order valence-corrected chi connectivity index (χ0v) is 41.4. The number of hydrogen-bond acceptors (Lipinski definition) is 4. The van der Waals surface area contributed by atoms with E-state index in [4.69, 9.17) is 4.74 Å². The Bertz CT molecular complexity index is 3270. The Hall–Kier alpha value is -9.48. The summed E-state index contributed by atoms with van der Waals surface area (Å²) in [5.74, 6) is 0.822. The van der Waals surface area contributed by atoms with Crippen molar-refractivity contribution in [1.82, 2.24) is 0 Å². The predicted molar refractivity (Wildman–Crippen MR) is 312 cm³/mol. The van der Waals surface area contributed by atoms with Gasteiger partial charge in [-0.15, -0.1) is 0 Å². The number of benzene rings is 10. The molecule has 0 aliphatic rings. The number of anilines is 6. The van der Waals surface area contributed by atoms with Crippen molar-refractivity contribution in [2.24, 2.45) is 0 Å². The maximum atomic E-state index is 9.67. The Labute approximate surface area is 435 Å². The number of methoxy groups -OCH3 is 1. The molecule has 0 spiro atoms. The summed E-state index contributed by atoms with van der Waals surface area (Å²) in [6.07, 6.45) is 4.32. The standard InChI is InChI=1S/C70H56N2O2/c1-51(48-69(58-16-8-4-9-17-58)60-26-24-53(50-73)25-27-60)54-28-38-64(39-29-54)71(62-20-12-6-13-21-62)66-42-32-56(33-43-66)57-34-44-67(45-35-57)72(63-22-14-7-15-23-63)65-40-30-55(31-41-65)52(2)49-70(59-18-10-5-11-19-59)61-36-46-68(74-3)47-37-61/h4-49,73H,1-2,50H2,3H3. The molecule has 1 N–H and O–H groups in total. The van der Waals surface area contributed by atoms with Crippen LogP contribution in [0.2, 0.25) is 0 Å². The van der Waals surface area contributed by atoms with Crippen molar-refractivity contribution >= 4 is 56.4 Å². The first-order chi connectivity index (χ1) is 36.4. The van der Waals surface area contributed by atoms with Gasteiger partial charge in [0.2, 0.25) is 0 Å². The maximum absolute atomic E-state index is 9.67. The van der Waals surface area contributed by atoms with E-state index in [1.165, 1.54) is 0 Å². The summed E-state index contributed by atoms with van der Waals surface area (Å²) in [6, 6.07) is 92.9. The Balaban J connectivity index is 0.893. The SMILES string of the molecule is C=C(C=C(c1ccccc1)c1ccc(CO)cc1)c1ccc(N(c2ccccc2)c2ccc(-c3ccc(N(c4ccccc4)c4ccc(C(=C)C=C(c5ccccc5)c5ccc(OC)cc5)cc4)cc3)cc2)cc1. The summed E-state index contributed by atoms with van der Waals surface area (Å²) in [5, 5.41) is 9.67. The normalized spacial score (nSPS) is 11.4. The molecule has 4 nitrogen and oxygen atoms in total. The molecule has 0 heterocycles. The number of allylic oxidation sites excluding steroid dienone is 4. The number of ether oxygens (including phenoxy) is 1. The van der Waals surface area contributed by atoms with Gasteiger partial charge in [-0.05, 0) is 169 Å². The van der Waals surface area contributed by atoms with Crippen molar-refractivity contribution in [3.05, 3.63) is 331 Å². The molecular formula is C70H56N2O2. The van der Waals surface area contributed by atoms with E-state index in [0.29, 0.717) is 0 Å². The molecule has 0 fully saturated rings. The van der Waals surface area contributed by atoms with Gasteiger partial charge in [0.15, 0.2) is 0 Å². The predicted octanol–water partition coefficient (Wildman–Crippen LogP) is 18.1. The Morgan fingerprint density at radius 3 is 0.973 bits per heavy atom. The molecule has 0 bridgehead atoms. The van der Waals surface area contributed by atoms with Crippen molar-refractivity contribution in [3.8, 4) is 16.9 Å². The van der Waals surface area contributed by atoms with Crippen LogP contribution in [0.25, 0.3) is 33.4 Å². The minimum absolute atomic E-state index is 0.00996. The van der Waals surface area contributed by atoms with Gasteiger partial charge in [-0.25, -0.2) is 0 Å². The molecule has 358 valence electrons. The van der Waals surface area contributed by atoms with E-state index in [1.807, 2.05) is 42.5 Å². The highest BCUT2D eigenvalue weighted by Crippen LogP contribution is 2.40. The summed E-state index contributed by atoms with van der Waals surface area (Å²) in [4.78, 5) is 4.57. The van der Waals surface area contributed by atoms with Gasteiger partial charge < -0.3 is 19.6 Å². The quantitative estimate of drug-likeness (QED) is 0.0923. The molecular weight excluding hydrogens is 901 g/mol. The van der Waals surface area contributed by atoms with Gasteiger partial charge in [-0.2, -0.15) is 0 Å². The first kappa shape index (κ1) is 48.2. The van der Waals surface area contributed by atoms with Gasteiger partial charge in [0, 0.05) is 34.1 Å². The maximum Gasteiger partial charge on any atom is 0.118 e. The van der Waals surface area contributed by atoms with Gasteiger partial charge in [0.1, 0.15) is 5.75 Å². The Morgan fingerprint density at radius 2 is 0.635 bits per heavy atom. The average molecular weight is 957 g/mol. The molecule has 0 saturated carbocycles. The third-order valence-corrected chi connectivity index (χ3v) is 13.3. The van der Waals surface area contributed by atoms with E-state index < -0.39 is 0 Å². The van der Waals surface area contributed by atoms with Crippen LogP contribution >= 0.6 is 0 Å². The molecule has 0 aliphatic heterocycles. The molecule has 0 unspecified atom stereocenters. The van der Waals surface area contributed by atoms with Crippen molar-refractivity contribution in [2.75, 3.05) is 16.9 Å². The first-order valence-corrected chi connectivity index (χ1v) is 24.8. The molecule has 4 heteroatoms. The van der Waals surface area contributed by atoms with Crippen LogP contribution in [0.1, 0.15) is 38.9 Å². The monoisotopic (exact) mass is 956 g/mol. The van der Waals surface area contributed by atoms with Crippen LogP contribution < -0.4 is 14.5 Å². The van der Waals surface area contributed by atoms with Crippen LogP contribution in [0.15, 0.2) is 292 Å². The minimum atomic E-state index is 0.00996. The van der Waals surface area contributed by atoms with Crippen molar-refractivity contribution in [1.29, 1.82) is 0 Å². The highest BCUT2D eigenvalue weighted by Gasteiger charge is 2.17. The Kier molecular flexibility index (Phi) is 14.8. The fraction of sp³-hybridized carbons (Fsp3) is 0.0286. The summed E-state index contributed by atoms with van der Waals surface area (Å²) in [5.41, 5.74) is 19.9. The van der Waals surface area contributed by atoms with Gasteiger partial charge in [-0.1, -0.05) is 195 Å². The van der Waals surface area contributed by atoms with Gasteiger partial charge >= 0.3 is 0 Å². The minimum Gasteiger partial charge on any atom is -0.497 e. The molecule has 0 aliphatic carbocycles. The van der Waals surface area contributed by atoms with Crippen LogP contribution in [-0.4, -0.2) is 12.2 Å². The second-order valence-corrected chi connectivity index (χ2v) is 18.0. The molecule has 0 aromatic heterocycles. The van der Waals surface area contributed by atoms with E-state index in [-0.39, 0.29) is 6.61 Å². The van der Waals surface area contributed by atoms with E-state index in [0.717, 1.165) is 112 Å². The lowest BCUT2D eigenvalue weighted by molar-refractivity contribution is 0.282. The molecule has 10 aromatic carbocycles. The lowest BCUT2D eigenvalue weighted by atomic mass is 9.93. The molecule has 74 heavy (non-hydrogen) atoms. The summed E-state index contributed by atoms with van der Waals surface area (Å²) in [6.45, 7) is 9.07. The molecule has 0 atom stereocenters. The molecule has 0 amide bonds. The summed E-state index contributed by atoms with van der Waals surface area (Å²) < 4.78 is 5.45. The highest BCUT2D eigenvalue weighted by molar-refractivity contribution is 5.92. The third-order valence-electron chi connectivity index (χ3n) is 13.3. The van der Waals surface area contributed by atoms with Crippen molar-refractivity contribution in [2.45, 2.75) is 6.61 Å².